The predicted molar refractivity (Wildman–Crippen MR) is 94.1 cm³/mol. The molecule has 0 saturated heterocycles. The summed E-state index contributed by atoms with van der Waals surface area (Å²) in [7, 11) is 1.65. The van der Waals surface area contributed by atoms with Crippen molar-refractivity contribution < 1.29 is 9.53 Å². The summed E-state index contributed by atoms with van der Waals surface area (Å²) in [6.45, 7) is 4.99. The number of methoxy groups -OCH3 is 1. The average Bonchev–Trinajstić information content (AvgIpc) is 2.55. The zero-order valence-electron chi connectivity index (χ0n) is 14.0. The zero-order valence-corrected chi connectivity index (χ0v) is 14.0. The number of para-hydroxylation sites is 1. The second-order valence-electron chi connectivity index (χ2n) is 5.57. The Morgan fingerprint density at radius 3 is 2.30 bits per heavy atom. The number of amides is 1. The van der Waals surface area contributed by atoms with Crippen molar-refractivity contribution >= 4 is 11.6 Å². The van der Waals surface area contributed by atoms with E-state index >= 15 is 0 Å². The van der Waals surface area contributed by atoms with E-state index < -0.39 is 0 Å². The number of carbonyl (C=O) groups is 1. The number of aryl methyl sites for hydroxylation is 2. The van der Waals surface area contributed by atoms with E-state index in [1.807, 2.05) is 56.3 Å². The van der Waals surface area contributed by atoms with E-state index in [2.05, 4.69) is 10.6 Å². The van der Waals surface area contributed by atoms with E-state index in [0.717, 1.165) is 29.0 Å². The molecular formula is C19H24N2O2. The normalized spacial score (nSPS) is 10.2. The Morgan fingerprint density at radius 1 is 1.04 bits per heavy atom. The number of ether oxygens (including phenoxy) is 1. The Balaban J connectivity index is 1.74. The molecule has 2 rings (SSSR count). The molecule has 0 spiro atoms. The van der Waals surface area contributed by atoms with Crippen molar-refractivity contribution in [3.8, 4) is 5.75 Å². The molecule has 23 heavy (non-hydrogen) atoms. The van der Waals surface area contributed by atoms with Crippen LogP contribution in [0.5, 0.6) is 5.75 Å². The number of hydrogen-bond acceptors (Lipinski definition) is 3. The molecule has 0 radical (unpaired) electrons. The van der Waals surface area contributed by atoms with Gasteiger partial charge in [0.05, 0.1) is 13.7 Å². The van der Waals surface area contributed by atoms with Gasteiger partial charge in [-0.25, -0.2) is 0 Å². The number of hydrogen-bond donors (Lipinski definition) is 2. The van der Waals surface area contributed by atoms with Crippen LogP contribution in [0.2, 0.25) is 0 Å². The van der Waals surface area contributed by atoms with Crippen LogP contribution >= 0.6 is 0 Å². The van der Waals surface area contributed by atoms with Crippen molar-refractivity contribution in [1.29, 1.82) is 0 Å². The first kappa shape index (κ1) is 16.9. The number of nitrogens with one attached hydrogen (secondary N) is 2. The van der Waals surface area contributed by atoms with E-state index in [0.29, 0.717) is 6.54 Å². The van der Waals surface area contributed by atoms with Crippen molar-refractivity contribution in [2.75, 3.05) is 25.5 Å². The SMILES string of the molecule is COc1ccc(CCNC(=O)CNc2c(C)cccc2C)cc1. The summed E-state index contributed by atoms with van der Waals surface area (Å²) in [4.78, 5) is 11.9. The number of carbonyl (C=O) groups excluding carboxylic acids is 1. The third kappa shape index (κ3) is 5.02. The molecule has 2 aromatic rings. The number of rotatable bonds is 7. The van der Waals surface area contributed by atoms with Crippen LogP contribution in [0.4, 0.5) is 5.69 Å². The first-order valence-electron chi connectivity index (χ1n) is 7.80. The lowest BCUT2D eigenvalue weighted by atomic mass is 10.1. The van der Waals surface area contributed by atoms with Gasteiger partial charge in [-0.1, -0.05) is 30.3 Å². The highest BCUT2D eigenvalue weighted by atomic mass is 16.5. The van der Waals surface area contributed by atoms with E-state index in [1.54, 1.807) is 7.11 Å². The van der Waals surface area contributed by atoms with E-state index in [9.17, 15) is 4.79 Å². The van der Waals surface area contributed by atoms with Crippen LogP contribution in [0.15, 0.2) is 42.5 Å². The van der Waals surface area contributed by atoms with Crippen LogP contribution in [-0.4, -0.2) is 26.1 Å². The van der Waals surface area contributed by atoms with E-state index in [-0.39, 0.29) is 12.5 Å². The van der Waals surface area contributed by atoms with Crippen LogP contribution in [0.3, 0.4) is 0 Å². The standard InChI is InChI=1S/C19H24N2O2/c1-14-5-4-6-15(2)19(14)21-13-18(22)20-12-11-16-7-9-17(23-3)10-8-16/h4-10,21H,11-13H2,1-3H3,(H,20,22). The lowest BCUT2D eigenvalue weighted by Gasteiger charge is -2.12. The Kier molecular flexibility index (Phi) is 6.03. The molecule has 0 aromatic heterocycles. The second kappa shape index (κ2) is 8.22. The molecule has 0 unspecified atom stereocenters. The molecule has 2 N–H and O–H groups in total. The van der Waals surface area contributed by atoms with Crippen molar-refractivity contribution in [1.82, 2.24) is 5.32 Å². The third-order valence-electron chi connectivity index (χ3n) is 3.80. The monoisotopic (exact) mass is 312 g/mol. The van der Waals surface area contributed by atoms with Crippen molar-refractivity contribution in [2.24, 2.45) is 0 Å². The van der Waals surface area contributed by atoms with E-state index in [4.69, 9.17) is 4.74 Å². The highest BCUT2D eigenvalue weighted by molar-refractivity contribution is 5.81. The van der Waals surface area contributed by atoms with Crippen LogP contribution in [0, 0.1) is 13.8 Å². The van der Waals surface area contributed by atoms with Crippen molar-refractivity contribution in [3.05, 3.63) is 59.2 Å². The zero-order chi connectivity index (χ0) is 16.7. The fraction of sp³-hybridized carbons (Fsp3) is 0.316. The molecule has 4 nitrogen and oxygen atoms in total. The minimum Gasteiger partial charge on any atom is -0.497 e. The average molecular weight is 312 g/mol. The first-order chi connectivity index (χ1) is 11.1. The smallest absolute Gasteiger partial charge is 0.239 e. The van der Waals surface area contributed by atoms with Gasteiger partial charge in [0.25, 0.3) is 0 Å². The third-order valence-corrected chi connectivity index (χ3v) is 3.80. The maximum Gasteiger partial charge on any atom is 0.239 e. The highest BCUT2D eigenvalue weighted by Crippen LogP contribution is 2.18. The molecule has 0 aliphatic carbocycles. The van der Waals surface area contributed by atoms with Gasteiger partial charge in [0.2, 0.25) is 5.91 Å². The summed E-state index contributed by atoms with van der Waals surface area (Å²) >= 11 is 0. The minimum atomic E-state index is 0.00108. The molecule has 4 heteroatoms. The van der Waals surface area contributed by atoms with Gasteiger partial charge in [0.1, 0.15) is 5.75 Å². The lowest BCUT2D eigenvalue weighted by Crippen LogP contribution is -2.31. The quantitative estimate of drug-likeness (QED) is 0.826. The van der Waals surface area contributed by atoms with Gasteiger partial charge in [-0.05, 0) is 49.1 Å². The van der Waals surface area contributed by atoms with Crippen molar-refractivity contribution in [2.45, 2.75) is 20.3 Å². The summed E-state index contributed by atoms with van der Waals surface area (Å²) in [5.41, 5.74) is 4.51. The summed E-state index contributed by atoms with van der Waals surface area (Å²) in [5, 5.41) is 6.15. The molecule has 0 heterocycles. The first-order valence-corrected chi connectivity index (χ1v) is 7.80. The Morgan fingerprint density at radius 2 is 1.70 bits per heavy atom. The maximum atomic E-state index is 11.9. The molecule has 0 aliphatic heterocycles. The van der Waals surface area contributed by atoms with Gasteiger partial charge < -0.3 is 15.4 Å². The molecule has 0 saturated carbocycles. The Bertz CT molecular complexity index is 631. The molecule has 0 aliphatic rings. The van der Waals surface area contributed by atoms with Gasteiger partial charge in [-0.3, -0.25) is 4.79 Å². The van der Waals surface area contributed by atoms with Gasteiger partial charge in [-0.2, -0.15) is 0 Å². The number of benzene rings is 2. The maximum absolute atomic E-state index is 11.9. The topological polar surface area (TPSA) is 50.4 Å². The fourth-order valence-electron chi connectivity index (χ4n) is 2.46. The second-order valence-corrected chi connectivity index (χ2v) is 5.57. The van der Waals surface area contributed by atoms with Crippen LogP contribution in [-0.2, 0) is 11.2 Å². The predicted octanol–water partition coefficient (Wildman–Crippen LogP) is 3.08. The molecular weight excluding hydrogens is 288 g/mol. The van der Waals surface area contributed by atoms with Crippen molar-refractivity contribution in [3.63, 3.8) is 0 Å². The van der Waals surface area contributed by atoms with Gasteiger partial charge in [0.15, 0.2) is 0 Å². The molecule has 0 fully saturated rings. The summed E-state index contributed by atoms with van der Waals surface area (Å²) in [6.07, 6.45) is 0.805. The summed E-state index contributed by atoms with van der Waals surface area (Å²) in [6, 6.07) is 14.0. The molecule has 1 amide bonds. The minimum absolute atomic E-state index is 0.00108. The van der Waals surface area contributed by atoms with Crippen LogP contribution < -0.4 is 15.4 Å². The number of anilines is 1. The van der Waals surface area contributed by atoms with Gasteiger partial charge >= 0.3 is 0 Å². The fourth-order valence-corrected chi connectivity index (χ4v) is 2.46. The molecule has 2 aromatic carbocycles. The van der Waals surface area contributed by atoms with Crippen LogP contribution in [0.25, 0.3) is 0 Å². The molecule has 0 bridgehead atoms. The molecule has 122 valence electrons. The van der Waals surface area contributed by atoms with Crippen LogP contribution in [0.1, 0.15) is 16.7 Å². The Labute approximate surface area is 137 Å². The van der Waals surface area contributed by atoms with Gasteiger partial charge in [0, 0.05) is 12.2 Å². The largest absolute Gasteiger partial charge is 0.497 e. The molecule has 0 atom stereocenters. The lowest BCUT2D eigenvalue weighted by molar-refractivity contribution is -0.119. The Hall–Kier alpha value is -2.49. The van der Waals surface area contributed by atoms with E-state index in [1.165, 1.54) is 5.56 Å². The van der Waals surface area contributed by atoms with Gasteiger partial charge in [-0.15, -0.1) is 0 Å². The highest BCUT2D eigenvalue weighted by Gasteiger charge is 2.05. The summed E-state index contributed by atoms with van der Waals surface area (Å²) < 4.78 is 5.13. The summed E-state index contributed by atoms with van der Waals surface area (Å²) in [5.74, 6) is 0.844.